The average Bonchev–Trinajstić information content (AvgIpc) is 2.41. The van der Waals surface area contributed by atoms with E-state index in [-0.39, 0.29) is 5.92 Å². The van der Waals surface area contributed by atoms with Gasteiger partial charge in [-0.15, -0.1) is 0 Å². The summed E-state index contributed by atoms with van der Waals surface area (Å²) < 4.78 is 0.900. The van der Waals surface area contributed by atoms with Crippen LogP contribution < -0.4 is 5.73 Å². The molecule has 0 heterocycles. The number of hydrogen-bond donors (Lipinski definition) is 2. The number of hydrogen-bond acceptors (Lipinski definition) is 2. The normalized spacial score (nSPS) is 14.1. The number of aryl methyl sites for hydroxylation is 1. The van der Waals surface area contributed by atoms with E-state index >= 15 is 0 Å². The molecule has 0 aliphatic heterocycles. The van der Waals surface area contributed by atoms with Crippen molar-refractivity contribution in [2.45, 2.75) is 18.9 Å². The summed E-state index contributed by atoms with van der Waals surface area (Å²) in [4.78, 5) is 0. The number of benzene rings is 2. The van der Waals surface area contributed by atoms with Crippen molar-refractivity contribution in [3.63, 3.8) is 0 Å². The van der Waals surface area contributed by atoms with E-state index in [4.69, 9.17) is 17.3 Å². The minimum Gasteiger partial charge on any atom is -0.388 e. The van der Waals surface area contributed by atoms with Gasteiger partial charge in [0.2, 0.25) is 0 Å². The molecule has 2 unspecified atom stereocenters. The molecule has 0 aliphatic rings. The van der Waals surface area contributed by atoms with Crippen LogP contribution in [-0.4, -0.2) is 11.7 Å². The molecule has 4 heteroatoms. The zero-order chi connectivity index (χ0) is 14.7. The van der Waals surface area contributed by atoms with E-state index < -0.39 is 6.10 Å². The lowest BCUT2D eigenvalue weighted by molar-refractivity contribution is 0.146. The Hall–Kier alpha value is -0.870. The van der Waals surface area contributed by atoms with Crippen LogP contribution in [0.1, 0.15) is 28.7 Å². The highest BCUT2D eigenvalue weighted by Gasteiger charge is 2.23. The van der Waals surface area contributed by atoms with Gasteiger partial charge >= 0.3 is 0 Å². The largest absolute Gasteiger partial charge is 0.388 e. The average molecular weight is 355 g/mol. The first-order valence-corrected chi connectivity index (χ1v) is 7.59. The van der Waals surface area contributed by atoms with Crippen molar-refractivity contribution >= 4 is 27.5 Å². The van der Waals surface area contributed by atoms with Crippen LogP contribution in [0.25, 0.3) is 0 Å². The third kappa shape index (κ3) is 3.41. The zero-order valence-corrected chi connectivity index (χ0v) is 13.5. The lowest BCUT2D eigenvalue weighted by atomic mass is 9.89. The molecule has 2 aromatic carbocycles. The number of aliphatic hydroxyl groups is 1. The van der Waals surface area contributed by atoms with Gasteiger partial charge in [-0.1, -0.05) is 51.8 Å². The Bertz CT molecular complexity index is 586. The van der Waals surface area contributed by atoms with E-state index in [1.807, 2.05) is 49.4 Å². The van der Waals surface area contributed by atoms with Crippen molar-refractivity contribution in [1.82, 2.24) is 0 Å². The second kappa shape index (κ2) is 6.72. The maximum Gasteiger partial charge on any atom is 0.0881 e. The maximum absolute atomic E-state index is 10.6. The molecule has 2 nitrogen and oxygen atoms in total. The lowest BCUT2D eigenvalue weighted by Crippen LogP contribution is -2.20. The smallest absolute Gasteiger partial charge is 0.0881 e. The van der Waals surface area contributed by atoms with Crippen LogP contribution in [0.4, 0.5) is 0 Å². The fraction of sp³-hybridized carbons (Fsp3) is 0.250. The molecule has 20 heavy (non-hydrogen) atoms. The van der Waals surface area contributed by atoms with E-state index in [1.54, 1.807) is 0 Å². The van der Waals surface area contributed by atoms with E-state index in [0.29, 0.717) is 11.6 Å². The van der Waals surface area contributed by atoms with E-state index in [1.165, 1.54) is 0 Å². The quantitative estimate of drug-likeness (QED) is 0.865. The van der Waals surface area contributed by atoms with Gasteiger partial charge in [-0.25, -0.2) is 0 Å². The topological polar surface area (TPSA) is 46.2 Å². The van der Waals surface area contributed by atoms with Crippen LogP contribution in [0.15, 0.2) is 46.9 Å². The first kappa shape index (κ1) is 15.5. The molecule has 2 rings (SSSR count). The van der Waals surface area contributed by atoms with E-state index in [2.05, 4.69) is 15.9 Å². The molecular weight excluding hydrogens is 338 g/mol. The summed E-state index contributed by atoms with van der Waals surface area (Å²) in [5, 5.41) is 11.3. The van der Waals surface area contributed by atoms with Crippen LogP contribution in [-0.2, 0) is 0 Å². The van der Waals surface area contributed by atoms with Gasteiger partial charge in [-0.2, -0.15) is 0 Å². The van der Waals surface area contributed by atoms with Gasteiger partial charge in [0.15, 0.2) is 0 Å². The summed E-state index contributed by atoms with van der Waals surface area (Å²) in [6, 6.07) is 13.4. The third-order valence-corrected chi connectivity index (χ3v) is 4.35. The van der Waals surface area contributed by atoms with Gasteiger partial charge in [0.1, 0.15) is 0 Å². The first-order valence-electron chi connectivity index (χ1n) is 6.42. The van der Waals surface area contributed by atoms with Crippen molar-refractivity contribution in [3.8, 4) is 0 Å². The number of rotatable bonds is 4. The van der Waals surface area contributed by atoms with Gasteiger partial charge in [-0.3, -0.25) is 0 Å². The zero-order valence-electron chi connectivity index (χ0n) is 11.2. The molecule has 0 aliphatic carbocycles. The molecule has 2 aromatic rings. The molecule has 3 N–H and O–H groups in total. The Labute approximate surface area is 132 Å². The summed E-state index contributed by atoms with van der Waals surface area (Å²) >= 11 is 9.40. The summed E-state index contributed by atoms with van der Waals surface area (Å²) in [5.74, 6) is -0.161. The first-order chi connectivity index (χ1) is 9.52. The van der Waals surface area contributed by atoms with Crippen molar-refractivity contribution in [1.29, 1.82) is 0 Å². The highest BCUT2D eigenvalue weighted by Crippen LogP contribution is 2.34. The summed E-state index contributed by atoms with van der Waals surface area (Å²) in [7, 11) is 0. The molecule has 0 radical (unpaired) electrons. The second-order valence-corrected chi connectivity index (χ2v) is 6.15. The predicted octanol–water partition coefficient (Wildman–Crippen LogP) is 4.19. The molecule has 0 aromatic heterocycles. The lowest BCUT2D eigenvalue weighted by Gasteiger charge is -2.23. The Morgan fingerprint density at radius 2 is 1.85 bits per heavy atom. The molecular formula is C16H17BrClNO. The van der Waals surface area contributed by atoms with Crippen LogP contribution >= 0.6 is 27.5 Å². The number of halogens is 2. The minimum absolute atomic E-state index is 0.161. The summed E-state index contributed by atoms with van der Waals surface area (Å²) in [6.07, 6.45) is -0.656. The van der Waals surface area contributed by atoms with Gasteiger partial charge in [-0.05, 0) is 41.8 Å². The predicted molar refractivity (Wildman–Crippen MR) is 87.1 cm³/mol. The van der Waals surface area contributed by atoms with Crippen LogP contribution in [0, 0.1) is 6.92 Å². The van der Waals surface area contributed by atoms with Crippen molar-refractivity contribution < 1.29 is 5.11 Å². The Balaban J connectivity index is 2.33. The minimum atomic E-state index is -0.656. The number of aliphatic hydroxyl groups excluding tert-OH is 1. The SMILES string of the molecule is Cc1ccc(C(O)C(CN)c2ccc(Cl)cc2)c(Br)c1. The maximum atomic E-state index is 10.6. The summed E-state index contributed by atoms with van der Waals surface area (Å²) in [6.45, 7) is 2.38. The number of nitrogens with two attached hydrogens (primary N) is 1. The highest BCUT2D eigenvalue weighted by atomic mass is 79.9. The van der Waals surface area contributed by atoms with Gasteiger partial charge in [0, 0.05) is 22.0 Å². The Kier molecular flexibility index (Phi) is 5.22. The fourth-order valence-corrected chi connectivity index (χ4v) is 3.10. The third-order valence-electron chi connectivity index (χ3n) is 3.41. The molecule has 0 saturated carbocycles. The van der Waals surface area contributed by atoms with Crippen molar-refractivity contribution in [3.05, 3.63) is 68.7 Å². The van der Waals surface area contributed by atoms with Crippen molar-refractivity contribution in [2.24, 2.45) is 5.73 Å². The van der Waals surface area contributed by atoms with Gasteiger partial charge in [0.05, 0.1) is 6.10 Å². The Morgan fingerprint density at radius 3 is 2.40 bits per heavy atom. The van der Waals surface area contributed by atoms with Gasteiger partial charge < -0.3 is 10.8 Å². The molecule has 0 spiro atoms. The van der Waals surface area contributed by atoms with Crippen LogP contribution in [0.2, 0.25) is 5.02 Å². The van der Waals surface area contributed by atoms with Crippen LogP contribution in [0.3, 0.4) is 0 Å². The molecule has 0 bridgehead atoms. The standard InChI is InChI=1S/C16H17BrClNO/c1-10-2-7-13(15(17)8-10)16(20)14(9-19)11-3-5-12(18)6-4-11/h2-8,14,16,20H,9,19H2,1H3. The van der Waals surface area contributed by atoms with E-state index in [0.717, 1.165) is 21.2 Å². The molecule has 2 atom stereocenters. The molecule has 106 valence electrons. The second-order valence-electron chi connectivity index (χ2n) is 4.86. The van der Waals surface area contributed by atoms with Crippen molar-refractivity contribution in [2.75, 3.05) is 6.54 Å². The highest BCUT2D eigenvalue weighted by molar-refractivity contribution is 9.10. The molecule has 0 saturated heterocycles. The van der Waals surface area contributed by atoms with E-state index in [9.17, 15) is 5.11 Å². The summed E-state index contributed by atoms with van der Waals surface area (Å²) in [5.41, 5.74) is 8.83. The monoisotopic (exact) mass is 353 g/mol. The molecule has 0 amide bonds. The Morgan fingerprint density at radius 1 is 1.20 bits per heavy atom. The van der Waals surface area contributed by atoms with Crippen LogP contribution in [0.5, 0.6) is 0 Å². The van der Waals surface area contributed by atoms with Gasteiger partial charge in [0.25, 0.3) is 0 Å². The molecule has 0 fully saturated rings. The fourth-order valence-electron chi connectivity index (χ4n) is 2.25.